The number of nitrogens with zero attached hydrogens (tertiary/aromatic N) is 1. The quantitative estimate of drug-likeness (QED) is 0.552. The van der Waals surface area contributed by atoms with Crippen molar-refractivity contribution in [1.29, 1.82) is 0 Å². The first-order valence-corrected chi connectivity index (χ1v) is 4.70. The molecule has 0 spiro atoms. The zero-order valence-electron chi connectivity index (χ0n) is 8.52. The van der Waals surface area contributed by atoms with E-state index in [1.54, 1.807) is 12.9 Å². The standard InChI is InChI=1S/C11H9NO4/c1-2-16-11-7(5-13)6-3-9(14)10(15)4-8(6)12-11/h3-4,14-15H,2H2,1H3. The van der Waals surface area contributed by atoms with Crippen LogP contribution in [0.1, 0.15) is 12.5 Å². The van der Waals surface area contributed by atoms with Gasteiger partial charge >= 0.3 is 0 Å². The molecular weight excluding hydrogens is 210 g/mol. The minimum absolute atomic E-state index is 0.159. The van der Waals surface area contributed by atoms with Crippen LogP contribution in [-0.2, 0) is 9.53 Å². The molecule has 0 radical (unpaired) electrons. The summed E-state index contributed by atoms with van der Waals surface area (Å²) in [4.78, 5) is 14.8. The molecule has 0 saturated carbocycles. The molecule has 1 aromatic carbocycles. The van der Waals surface area contributed by atoms with Crippen molar-refractivity contribution < 1.29 is 19.7 Å². The molecule has 5 nitrogen and oxygen atoms in total. The molecule has 5 heteroatoms. The van der Waals surface area contributed by atoms with Gasteiger partial charge in [-0.1, -0.05) is 0 Å². The highest BCUT2D eigenvalue weighted by Gasteiger charge is 2.25. The number of fused-ring (bicyclic) bond motifs is 1. The van der Waals surface area contributed by atoms with Crippen LogP contribution in [0, 0.1) is 0 Å². The Labute approximate surface area is 91.3 Å². The van der Waals surface area contributed by atoms with Gasteiger partial charge in [-0.05, 0) is 13.0 Å². The fraction of sp³-hybridized carbons (Fsp3) is 0.182. The summed E-state index contributed by atoms with van der Waals surface area (Å²) in [6, 6.07) is 2.54. The lowest BCUT2D eigenvalue weighted by Gasteiger charge is -2.02. The van der Waals surface area contributed by atoms with E-state index in [4.69, 9.17) is 4.74 Å². The third kappa shape index (κ3) is 1.43. The smallest absolute Gasteiger partial charge is 0.233 e. The van der Waals surface area contributed by atoms with Gasteiger partial charge < -0.3 is 14.9 Å². The number of benzene rings is 1. The molecule has 2 N–H and O–H groups in total. The number of hydrogen-bond acceptors (Lipinski definition) is 5. The molecule has 0 atom stereocenters. The van der Waals surface area contributed by atoms with E-state index in [2.05, 4.69) is 4.99 Å². The Morgan fingerprint density at radius 1 is 1.38 bits per heavy atom. The molecule has 0 aromatic heterocycles. The highest BCUT2D eigenvalue weighted by atomic mass is 16.5. The first-order valence-electron chi connectivity index (χ1n) is 4.70. The van der Waals surface area contributed by atoms with Crippen LogP contribution in [0.4, 0.5) is 5.69 Å². The number of ether oxygens (including phenoxy) is 1. The van der Waals surface area contributed by atoms with Gasteiger partial charge in [0.05, 0.1) is 12.3 Å². The zero-order valence-corrected chi connectivity index (χ0v) is 8.52. The number of aromatic hydroxyl groups is 2. The third-order valence-corrected chi connectivity index (χ3v) is 2.18. The second-order valence-corrected chi connectivity index (χ2v) is 3.19. The maximum absolute atomic E-state index is 10.8. The Morgan fingerprint density at radius 2 is 2.06 bits per heavy atom. The van der Waals surface area contributed by atoms with Gasteiger partial charge in [-0.3, -0.25) is 0 Å². The summed E-state index contributed by atoms with van der Waals surface area (Å²) in [7, 11) is 0. The van der Waals surface area contributed by atoms with Crippen LogP contribution in [0.3, 0.4) is 0 Å². The number of phenols is 2. The van der Waals surface area contributed by atoms with Gasteiger partial charge in [0.25, 0.3) is 0 Å². The molecule has 16 heavy (non-hydrogen) atoms. The highest BCUT2D eigenvalue weighted by molar-refractivity contribution is 6.32. The maximum atomic E-state index is 10.8. The van der Waals surface area contributed by atoms with Crippen LogP contribution < -0.4 is 0 Å². The molecule has 0 amide bonds. The molecule has 82 valence electrons. The average molecular weight is 219 g/mol. The van der Waals surface area contributed by atoms with Gasteiger partial charge in [-0.15, -0.1) is 0 Å². The normalized spacial score (nSPS) is 13.1. The summed E-state index contributed by atoms with van der Waals surface area (Å²) >= 11 is 0. The summed E-state index contributed by atoms with van der Waals surface area (Å²) in [6.07, 6.45) is 0. The van der Waals surface area contributed by atoms with Crippen molar-refractivity contribution in [2.24, 2.45) is 4.99 Å². The van der Waals surface area contributed by atoms with E-state index in [1.807, 2.05) is 0 Å². The summed E-state index contributed by atoms with van der Waals surface area (Å²) < 4.78 is 5.16. The van der Waals surface area contributed by atoms with Gasteiger partial charge in [0.2, 0.25) is 5.90 Å². The second-order valence-electron chi connectivity index (χ2n) is 3.19. The fourth-order valence-corrected chi connectivity index (χ4v) is 1.48. The van der Waals surface area contributed by atoms with Crippen LogP contribution in [0.15, 0.2) is 17.1 Å². The van der Waals surface area contributed by atoms with Crippen LogP contribution in [-0.4, -0.2) is 28.7 Å². The van der Waals surface area contributed by atoms with Crippen molar-refractivity contribution in [2.75, 3.05) is 6.61 Å². The Kier molecular flexibility index (Phi) is 2.38. The Hall–Kier alpha value is -2.26. The molecule has 2 rings (SSSR count). The Morgan fingerprint density at radius 3 is 2.69 bits per heavy atom. The fourth-order valence-electron chi connectivity index (χ4n) is 1.48. The molecule has 0 unspecified atom stereocenters. The van der Waals surface area contributed by atoms with Crippen molar-refractivity contribution in [1.82, 2.24) is 0 Å². The highest BCUT2D eigenvalue weighted by Crippen LogP contribution is 2.40. The maximum Gasteiger partial charge on any atom is 0.233 e. The van der Waals surface area contributed by atoms with Crippen LogP contribution in [0.5, 0.6) is 11.5 Å². The van der Waals surface area contributed by atoms with Gasteiger partial charge in [0.15, 0.2) is 11.5 Å². The molecule has 0 bridgehead atoms. The van der Waals surface area contributed by atoms with Crippen molar-refractivity contribution in [2.45, 2.75) is 6.92 Å². The van der Waals surface area contributed by atoms with Crippen molar-refractivity contribution >= 4 is 23.1 Å². The average Bonchev–Trinajstić information content (AvgIpc) is 2.56. The van der Waals surface area contributed by atoms with E-state index in [-0.39, 0.29) is 23.0 Å². The number of carbonyl (C=O) groups excluding carboxylic acids is 1. The van der Waals surface area contributed by atoms with Gasteiger partial charge in [-0.2, -0.15) is 0 Å². The van der Waals surface area contributed by atoms with Crippen LogP contribution in [0.2, 0.25) is 0 Å². The van der Waals surface area contributed by atoms with E-state index in [9.17, 15) is 15.0 Å². The topological polar surface area (TPSA) is 79.1 Å². The SMILES string of the molecule is CCOC1=Nc2cc(O)c(O)cc2C1=C=O. The lowest BCUT2D eigenvalue weighted by atomic mass is 10.1. The Bertz CT molecular complexity index is 527. The number of hydrogen-bond donors (Lipinski definition) is 2. The first-order chi connectivity index (χ1) is 7.67. The Balaban J connectivity index is 2.57. The number of aliphatic imine (C=N–C) groups is 1. The van der Waals surface area contributed by atoms with Crippen LogP contribution >= 0.6 is 0 Å². The molecule has 1 aliphatic rings. The van der Waals surface area contributed by atoms with E-state index < -0.39 is 0 Å². The lowest BCUT2D eigenvalue weighted by Crippen LogP contribution is -2.03. The van der Waals surface area contributed by atoms with Crippen LogP contribution in [0.25, 0.3) is 5.57 Å². The van der Waals surface area contributed by atoms with E-state index in [0.717, 1.165) is 0 Å². The van der Waals surface area contributed by atoms with Gasteiger partial charge in [0, 0.05) is 11.6 Å². The third-order valence-electron chi connectivity index (χ3n) is 2.18. The van der Waals surface area contributed by atoms with Gasteiger partial charge in [-0.25, -0.2) is 9.79 Å². The molecule has 1 aliphatic heterocycles. The summed E-state index contributed by atoms with van der Waals surface area (Å²) in [5.41, 5.74) is 0.956. The molecule has 0 fully saturated rings. The number of phenolic OH excluding ortho intramolecular Hbond substituents is 2. The van der Waals surface area contributed by atoms with E-state index in [1.165, 1.54) is 12.1 Å². The van der Waals surface area contributed by atoms with Gasteiger partial charge in [0.1, 0.15) is 11.5 Å². The molecule has 0 saturated heterocycles. The number of rotatable bonds is 1. The van der Waals surface area contributed by atoms with E-state index in [0.29, 0.717) is 17.9 Å². The summed E-state index contributed by atoms with van der Waals surface area (Å²) in [5.74, 6) is 1.29. The summed E-state index contributed by atoms with van der Waals surface area (Å²) in [5, 5.41) is 18.6. The van der Waals surface area contributed by atoms with Crippen molar-refractivity contribution in [3.63, 3.8) is 0 Å². The molecular formula is C11H9NO4. The lowest BCUT2D eigenvalue weighted by molar-refractivity contribution is 0.333. The predicted octanol–water partition coefficient (Wildman–Crippen LogP) is 1.39. The van der Waals surface area contributed by atoms with Crippen molar-refractivity contribution in [3.8, 4) is 11.5 Å². The molecule has 1 aromatic rings. The minimum atomic E-state index is -0.306. The second kappa shape index (κ2) is 3.72. The van der Waals surface area contributed by atoms with Crippen molar-refractivity contribution in [3.05, 3.63) is 17.7 Å². The minimum Gasteiger partial charge on any atom is -0.504 e. The largest absolute Gasteiger partial charge is 0.504 e. The van der Waals surface area contributed by atoms with E-state index >= 15 is 0 Å². The zero-order chi connectivity index (χ0) is 11.7. The summed E-state index contributed by atoms with van der Waals surface area (Å²) in [6.45, 7) is 2.14. The molecule has 1 heterocycles. The monoisotopic (exact) mass is 219 g/mol. The first kappa shape index (κ1) is 10.3. The molecule has 0 aliphatic carbocycles. The predicted molar refractivity (Wildman–Crippen MR) is 57.6 cm³/mol.